The second kappa shape index (κ2) is 6.26. The van der Waals surface area contributed by atoms with E-state index in [1.54, 1.807) is 6.07 Å². The Morgan fingerprint density at radius 3 is 2.55 bits per heavy atom. The van der Waals surface area contributed by atoms with Crippen molar-refractivity contribution in [3.63, 3.8) is 0 Å². The number of para-hydroxylation sites is 1. The van der Waals surface area contributed by atoms with Gasteiger partial charge < -0.3 is 15.2 Å². The molecule has 1 aromatic heterocycles. The van der Waals surface area contributed by atoms with Gasteiger partial charge in [-0.2, -0.15) is 0 Å². The Labute approximate surface area is 130 Å². The van der Waals surface area contributed by atoms with Crippen molar-refractivity contribution in [3.8, 4) is 0 Å². The van der Waals surface area contributed by atoms with Crippen LogP contribution in [-0.4, -0.2) is 27.3 Å². The number of hydrogen-bond acceptors (Lipinski definition) is 6. The lowest BCUT2D eigenvalue weighted by Gasteiger charge is -2.10. The fourth-order valence-corrected chi connectivity index (χ4v) is 3.55. The maximum atomic E-state index is 12.1. The molecule has 116 valence electrons. The molecule has 0 atom stereocenters. The van der Waals surface area contributed by atoms with E-state index in [2.05, 4.69) is 10.0 Å². The van der Waals surface area contributed by atoms with Crippen molar-refractivity contribution < 1.29 is 23.1 Å². The van der Waals surface area contributed by atoms with Crippen LogP contribution in [0.3, 0.4) is 0 Å². The largest absolute Gasteiger partial charge is 0.545 e. The summed E-state index contributed by atoms with van der Waals surface area (Å²) in [6.07, 6.45) is 0. The van der Waals surface area contributed by atoms with Gasteiger partial charge in [0.25, 0.3) is 5.91 Å². The smallest absolute Gasteiger partial charge is 0.265 e. The molecule has 0 aliphatic rings. The van der Waals surface area contributed by atoms with Gasteiger partial charge in [-0.3, -0.25) is 4.79 Å². The summed E-state index contributed by atoms with van der Waals surface area (Å²) in [7, 11) is -2.36. The number of carbonyl (C=O) groups excluding carboxylic acids is 2. The monoisotopic (exact) mass is 339 g/mol. The molecule has 2 rings (SSSR count). The molecule has 0 aliphatic heterocycles. The molecular weight excluding hydrogens is 328 g/mol. The number of anilines is 1. The summed E-state index contributed by atoms with van der Waals surface area (Å²) in [6.45, 7) is 0. The maximum absolute atomic E-state index is 12.1. The third-order valence-electron chi connectivity index (χ3n) is 2.77. The number of carboxylic acid groups (broad SMARTS) is 1. The highest BCUT2D eigenvalue weighted by molar-refractivity contribution is 7.89. The fourth-order valence-electron chi connectivity index (χ4n) is 1.65. The van der Waals surface area contributed by atoms with Crippen molar-refractivity contribution in [1.29, 1.82) is 0 Å². The quantitative estimate of drug-likeness (QED) is 0.811. The zero-order valence-electron chi connectivity index (χ0n) is 11.3. The topological polar surface area (TPSA) is 115 Å². The molecule has 0 aliphatic carbocycles. The van der Waals surface area contributed by atoms with E-state index in [1.807, 2.05) is 0 Å². The molecule has 1 aromatic carbocycles. The molecule has 0 bridgehead atoms. The molecule has 0 spiro atoms. The first-order valence-corrected chi connectivity index (χ1v) is 8.35. The van der Waals surface area contributed by atoms with Crippen molar-refractivity contribution in [2.45, 2.75) is 4.90 Å². The van der Waals surface area contributed by atoms with Crippen molar-refractivity contribution >= 4 is 38.9 Å². The summed E-state index contributed by atoms with van der Waals surface area (Å²) >= 11 is 0.939. The van der Waals surface area contributed by atoms with Gasteiger partial charge in [0.15, 0.2) is 0 Å². The lowest BCUT2D eigenvalue weighted by atomic mass is 10.2. The molecule has 0 fully saturated rings. The number of amides is 1. The van der Waals surface area contributed by atoms with Crippen LogP contribution in [0.25, 0.3) is 0 Å². The lowest BCUT2D eigenvalue weighted by Crippen LogP contribution is -2.24. The Balaban J connectivity index is 2.26. The van der Waals surface area contributed by atoms with Gasteiger partial charge in [0.1, 0.15) is 0 Å². The van der Waals surface area contributed by atoms with Gasteiger partial charge in [-0.1, -0.05) is 18.2 Å². The minimum Gasteiger partial charge on any atom is -0.545 e. The summed E-state index contributed by atoms with van der Waals surface area (Å²) in [5, 5.41) is 14.7. The first-order valence-electron chi connectivity index (χ1n) is 5.99. The van der Waals surface area contributed by atoms with Crippen molar-refractivity contribution in [2.75, 3.05) is 12.4 Å². The predicted molar refractivity (Wildman–Crippen MR) is 79.3 cm³/mol. The van der Waals surface area contributed by atoms with E-state index in [-0.39, 0.29) is 21.0 Å². The number of aromatic carboxylic acids is 1. The van der Waals surface area contributed by atoms with E-state index >= 15 is 0 Å². The van der Waals surface area contributed by atoms with E-state index in [0.29, 0.717) is 0 Å². The Kier molecular flexibility index (Phi) is 4.59. The Bertz CT molecular complexity index is 826. The van der Waals surface area contributed by atoms with Crippen LogP contribution in [0.4, 0.5) is 5.69 Å². The Hall–Kier alpha value is -2.23. The minimum absolute atomic E-state index is 0.0293. The average molecular weight is 339 g/mol. The van der Waals surface area contributed by atoms with E-state index in [0.717, 1.165) is 11.3 Å². The lowest BCUT2D eigenvalue weighted by molar-refractivity contribution is -0.254. The number of thiophene rings is 1. The maximum Gasteiger partial charge on any atom is 0.265 e. The van der Waals surface area contributed by atoms with Gasteiger partial charge in [0.2, 0.25) is 10.0 Å². The molecule has 1 amide bonds. The van der Waals surface area contributed by atoms with Crippen LogP contribution in [0, 0.1) is 0 Å². The number of sulfonamides is 1. The standard InChI is InChI=1S/C13H12N2O5S2/c1-14-22(19,20)8-6-11(21-7-8)12(16)15-10-5-3-2-4-9(10)13(17)18/h2-7,14H,1H3,(H,15,16)(H,17,18)/p-1. The minimum atomic E-state index is -3.63. The number of hydrogen-bond donors (Lipinski definition) is 2. The number of carbonyl (C=O) groups is 2. The molecule has 0 radical (unpaired) electrons. The third kappa shape index (κ3) is 3.32. The highest BCUT2D eigenvalue weighted by Crippen LogP contribution is 2.21. The van der Waals surface area contributed by atoms with Crippen LogP contribution >= 0.6 is 11.3 Å². The van der Waals surface area contributed by atoms with Crippen LogP contribution in [0.2, 0.25) is 0 Å². The van der Waals surface area contributed by atoms with Crippen molar-refractivity contribution in [2.24, 2.45) is 0 Å². The van der Waals surface area contributed by atoms with Gasteiger partial charge >= 0.3 is 0 Å². The molecule has 0 saturated carbocycles. The molecule has 2 aromatic rings. The average Bonchev–Trinajstić information content (AvgIpc) is 2.98. The normalized spacial score (nSPS) is 11.1. The first-order chi connectivity index (χ1) is 10.3. The van der Waals surface area contributed by atoms with Crippen LogP contribution in [-0.2, 0) is 10.0 Å². The summed E-state index contributed by atoms with van der Waals surface area (Å²) in [5.41, 5.74) is -0.0746. The zero-order chi connectivity index (χ0) is 16.3. The number of benzene rings is 1. The Morgan fingerprint density at radius 1 is 1.23 bits per heavy atom. The SMILES string of the molecule is CNS(=O)(=O)c1csc(C(=O)Nc2ccccc2C(=O)[O-])c1. The summed E-state index contributed by atoms with van der Waals surface area (Å²) in [6, 6.07) is 7.00. The van der Waals surface area contributed by atoms with E-state index in [4.69, 9.17) is 0 Å². The molecule has 0 unspecified atom stereocenters. The Morgan fingerprint density at radius 2 is 1.91 bits per heavy atom. The first kappa shape index (κ1) is 16.1. The summed E-state index contributed by atoms with van der Waals surface area (Å²) < 4.78 is 25.4. The van der Waals surface area contributed by atoms with E-state index in [1.165, 1.54) is 36.7 Å². The summed E-state index contributed by atoms with van der Waals surface area (Å²) in [5.74, 6) is -2.02. The second-order valence-electron chi connectivity index (χ2n) is 4.14. The van der Waals surface area contributed by atoms with Crippen LogP contribution in [0.15, 0.2) is 40.6 Å². The second-order valence-corrected chi connectivity index (χ2v) is 6.94. The van der Waals surface area contributed by atoms with Crippen molar-refractivity contribution in [1.82, 2.24) is 4.72 Å². The van der Waals surface area contributed by atoms with Crippen molar-refractivity contribution in [3.05, 3.63) is 46.2 Å². The van der Waals surface area contributed by atoms with E-state index in [9.17, 15) is 23.1 Å². The van der Waals surface area contributed by atoms with Gasteiger partial charge in [0, 0.05) is 10.9 Å². The zero-order valence-corrected chi connectivity index (χ0v) is 13.0. The molecule has 9 heteroatoms. The molecule has 0 saturated heterocycles. The van der Waals surface area contributed by atoms with Gasteiger partial charge in [0.05, 0.1) is 21.4 Å². The summed E-state index contributed by atoms with van der Waals surface area (Å²) in [4.78, 5) is 23.2. The van der Waals surface area contributed by atoms with Gasteiger partial charge in [-0.25, -0.2) is 13.1 Å². The number of rotatable bonds is 5. The molecule has 2 N–H and O–H groups in total. The van der Waals surface area contributed by atoms with Crippen LogP contribution in [0.1, 0.15) is 20.0 Å². The highest BCUT2D eigenvalue weighted by atomic mass is 32.2. The molecule has 22 heavy (non-hydrogen) atoms. The van der Waals surface area contributed by atoms with Gasteiger partial charge in [-0.15, -0.1) is 11.3 Å². The predicted octanol–water partition coefficient (Wildman–Crippen LogP) is 0.272. The molecule has 7 nitrogen and oxygen atoms in total. The highest BCUT2D eigenvalue weighted by Gasteiger charge is 2.17. The molecular formula is C13H11N2O5S2-. The van der Waals surface area contributed by atoms with Crippen LogP contribution in [0.5, 0.6) is 0 Å². The fraction of sp³-hybridized carbons (Fsp3) is 0.0769. The van der Waals surface area contributed by atoms with E-state index < -0.39 is 21.9 Å². The number of carboxylic acids is 1. The van der Waals surface area contributed by atoms with Crippen LogP contribution < -0.4 is 15.1 Å². The molecule has 1 heterocycles. The number of nitrogens with one attached hydrogen (secondary N) is 2. The third-order valence-corrected chi connectivity index (χ3v) is 5.25. The van der Waals surface area contributed by atoms with Gasteiger partial charge in [-0.05, 0) is 19.2 Å².